The number of aliphatic hydroxyl groups excluding tert-OH is 3. The van der Waals surface area contributed by atoms with Gasteiger partial charge in [0.2, 0.25) is 0 Å². The zero-order valence-corrected chi connectivity index (χ0v) is 6.93. The van der Waals surface area contributed by atoms with Crippen LogP contribution in [0.5, 0.6) is 0 Å². The zero-order chi connectivity index (χ0) is 10.2. The molecule has 1 rings (SSSR count). The Morgan fingerprint density at radius 1 is 1.38 bits per heavy atom. The van der Waals surface area contributed by atoms with E-state index >= 15 is 0 Å². The topological polar surface area (TPSA) is 98.0 Å². The molecule has 0 fully saturated rings. The number of aliphatic carboxylic acids is 1. The van der Waals surface area contributed by atoms with Gasteiger partial charge in [-0.3, -0.25) is 4.79 Å². The highest BCUT2D eigenvalue weighted by molar-refractivity contribution is 5.74. The standard InChI is InChI=1S/C8H10O5/c1-3-4(8(12)13)2-5(9)7(11)6(3)10/h2-4,9-11H,1H3,(H,12,13). The fourth-order valence-electron chi connectivity index (χ4n) is 1.20. The summed E-state index contributed by atoms with van der Waals surface area (Å²) in [4.78, 5) is 10.6. The Balaban J connectivity index is 3.07. The van der Waals surface area contributed by atoms with E-state index < -0.39 is 35.1 Å². The highest BCUT2D eigenvalue weighted by Gasteiger charge is 2.33. The first kappa shape index (κ1) is 9.44. The molecule has 2 atom stereocenters. The Bertz CT molecular complexity index is 302. The molecule has 0 aromatic heterocycles. The highest BCUT2D eigenvalue weighted by Crippen LogP contribution is 2.30. The van der Waals surface area contributed by atoms with Crippen LogP contribution in [0.15, 0.2) is 23.4 Å². The molecule has 0 saturated carbocycles. The number of aliphatic hydroxyl groups is 3. The van der Waals surface area contributed by atoms with Crippen LogP contribution in [0.2, 0.25) is 0 Å². The predicted octanol–water partition coefficient (Wildman–Crippen LogP) is 1.11. The number of carbonyl (C=O) groups is 1. The van der Waals surface area contributed by atoms with Gasteiger partial charge in [0, 0.05) is 5.92 Å². The molecule has 0 spiro atoms. The second kappa shape index (κ2) is 3.01. The maximum atomic E-state index is 10.6. The number of rotatable bonds is 1. The van der Waals surface area contributed by atoms with Crippen LogP contribution in [0, 0.1) is 11.8 Å². The summed E-state index contributed by atoms with van der Waals surface area (Å²) in [5.41, 5.74) is 0. The Hall–Kier alpha value is -1.65. The van der Waals surface area contributed by atoms with Crippen LogP contribution in [-0.4, -0.2) is 26.4 Å². The number of carboxylic acids is 1. The van der Waals surface area contributed by atoms with Gasteiger partial charge >= 0.3 is 5.97 Å². The second-order valence-electron chi connectivity index (χ2n) is 2.94. The number of carboxylic acid groups (broad SMARTS) is 1. The summed E-state index contributed by atoms with van der Waals surface area (Å²) in [6.45, 7) is 1.45. The normalized spacial score (nSPS) is 28.5. The lowest BCUT2D eigenvalue weighted by Gasteiger charge is -2.21. The minimum absolute atomic E-state index is 0.493. The van der Waals surface area contributed by atoms with E-state index in [9.17, 15) is 9.90 Å². The van der Waals surface area contributed by atoms with E-state index in [0.717, 1.165) is 6.08 Å². The molecule has 1 aliphatic carbocycles. The van der Waals surface area contributed by atoms with Gasteiger partial charge in [-0.15, -0.1) is 0 Å². The molecule has 4 N–H and O–H groups in total. The van der Waals surface area contributed by atoms with E-state index in [1.54, 1.807) is 0 Å². The zero-order valence-electron chi connectivity index (χ0n) is 6.93. The van der Waals surface area contributed by atoms with Gasteiger partial charge in [-0.05, 0) is 6.08 Å². The number of hydrogen-bond acceptors (Lipinski definition) is 4. The summed E-state index contributed by atoms with van der Waals surface area (Å²) in [6.07, 6.45) is 1.00. The summed E-state index contributed by atoms with van der Waals surface area (Å²) in [5, 5.41) is 35.9. The predicted molar refractivity (Wildman–Crippen MR) is 43.3 cm³/mol. The van der Waals surface area contributed by atoms with Gasteiger partial charge in [0.1, 0.15) is 5.76 Å². The Morgan fingerprint density at radius 2 is 1.92 bits per heavy atom. The van der Waals surface area contributed by atoms with Gasteiger partial charge in [0.25, 0.3) is 0 Å². The maximum absolute atomic E-state index is 10.6. The van der Waals surface area contributed by atoms with Gasteiger partial charge < -0.3 is 20.4 Å². The quantitative estimate of drug-likeness (QED) is 0.491. The molecule has 0 aromatic carbocycles. The maximum Gasteiger partial charge on any atom is 0.311 e. The van der Waals surface area contributed by atoms with Gasteiger partial charge in [-0.25, -0.2) is 0 Å². The molecule has 13 heavy (non-hydrogen) atoms. The third-order valence-electron chi connectivity index (χ3n) is 2.08. The molecule has 0 saturated heterocycles. The smallest absolute Gasteiger partial charge is 0.311 e. The molecule has 1 aliphatic rings. The van der Waals surface area contributed by atoms with Crippen LogP contribution in [0.3, 0.4) is 0 Å². The van der Waals surface area contributed by atoms with Crippen molar-refractivity contribution in [1.82, 2.24) is 0 Å². The Morgan fingerprint density at radius 3 is 2.38 bits per heavy atom. The average Bonchev–Trinajstić information content (AvgIpc) is 2.07. The van der Waals surface area contributed by atoms with Gasteiger partial charge in [-0.2, -0.15) is 0 Å². The number of allylic oxidation sites excluding steroid dienone is 1. The van der Waals surface area contributed by atoms with Crippen molar-refractivity contribution in [2.75, 3.05) is 0 Å². The van der Waals surface area contributed by atoms with E-state index in [0.29, 0.717) is 0 Å². The average molecular weight is 186 g/mol. The molecule has 0 radical (unpaired) electrons. The summed E-state index contributed by atoms with van der Waals surface area (Å²) in [5.74, 6) is -4.62. The van der Waals surface area contributed by atoms with Crippen molar-refractivity contribution >= 4 is 5.97 Å². The summed E-state index contributed by atoms with van der Waals surface area (Å²) in [6, 6.07) is 0. The molecule has 5 heteroatoms. The van der Waals surface area contributed by atoms with Crippen LogP contribution in [0.1, 0.15) is 6.92 Å². The van der Waals surface area contributed by atoms with Gasteiger partial charge in [0.15, 0.2) is 11.5 Å². The largest absolute Gasteiger partial charge is 0.508 e. The van der Waals surface area contributed by atoms with Crippen LogP contribution in [-0.2, 0) is 4.79 Å². The third kappa shape index (κ3) is 1.44. The molecule has 5 nitrogen and oxygen atoms in total. The van der Waals surface area contributed by atoms with Crippen molar-refractivity contribution < 1.29 is 25.2 Å². The van der Waals surface area contributed by atoms with E-state index in [1.807, 2.05) is 0 Å². The summed E-state index contributed by atoms with van der Waals surface area (Å²) < 4.78 is 0. The van der Waals surface area contributed by atoms with Crippen molar-refractivity contribution in [2.45, 2.75) is 6.92 Å². The lowest BCUT2D eigenvalue weighted by Crippen LogP contribution is -2.26. The first-order valence-corrected chi connectivity index (χ1v) is 3.71. The minimum Gasteiger partial charge on any atom is -0.508 e. The van der Waals surface area contributed by atoms with Gasteiger partial charge in [-0.1, -0.05) is 6.92 Å². The van der Waals surface area contributed by atoms with Crippen molar-refractivity contribution in [3.8, 4) is 0 Å². The van der Waals surface area contributed by atoms with Crippen LogP contribution < -0.4 is 0 Å². The monoisotopic (exact) mass is 186 g/mol. The van der Waals surface area contributed by atoms with E-state index in [-0.39, 0.29) is 0 Å². The molecule has 0 bridgehead atoms. The van der Waals surface area contributed by atoms with Crippen molar-refractivity contribution in [3.05, 3.63) is 23.4 Å². The first-order valence-electron chi connectivity index (χ1n) is 3.71. The lowest BCUT2D eigenvalue weighted by molar-refractivity contribution is -0.141. The molecule has 72 valence electrons. The lowest BCUT2D eigenvalue weighted by atomic mass is 9.87. The van der Waals surface area contributed by atoms with Crippen molar-refractivity contribution in [1.29, 1.82) is 0 Å². The molecule has 0 amide bonds. The highest BCUT2D eigenvalue weighted by atomic mass is 16.4. The molecule has 0 aliphatic heterocycles. The van der Waals surface area contributed by atoms with E-state index in [1.165, 1.54) is 6.92 Å². The molecule has 2 unspecified atom stereocenters. The van der Waals surface area contributed by atoms with E-state index in [2.05, 4.69) is 0 Å². The van der Waals surface area contributed by atoms with Crippen LogP contribution in [0.4, 0.5) is 0 Å². The van der Waals surface area contributed by atoms with Crippen molar-refractivity contribution in [2.24, 2.45) is 11.8 Å². The van der Waals surface area contributed by atoms with Crippen LogP contribution >= 0.6 is 0 Å². The second-order valence-corrected chi connectivity index (χ2v) is 2.94. The Kier molecular flexibility index (Phi) is 2.18. The third-order valence-corrected chi connectivity index (χ3v) is 2.08. The summed E-state index contributed by atoms with van der Waals surface area (Å²) >= 11 is 0. The first-order chi connectivity index (χ1) is 5.95. The molecule has 0 aromatic rings. The molecular formula is C8H10O5. The van der Waals surface area contributed by atoms with Gasteiger partial charge in [0.05, 0.1) is 5.92 Å². The van der Waals surface area contributed by atoms with E-state index in [4.69, 9.17) is 15.3 Å². The molecular weight excluding hydrogens is 176 g/mol. The number of hydrogen-bond donors (Lipinski definition) is 4. The SMILES string of the molecule is CC1C(O)=C(O)C(O)=CC1C(=O)O. The van der Waals surface area contributed by atoms with Crippen LogP contribution in [0.25, 0.3) is 0 Å². The molecule has 0 heterocycles. The fourth-order valence-corrected chi connectivity index (χ4v) is 1.20. The minimum atomic E-state index is -1.15. The van der Waals surface area contributed by atoms with Crippen molar-refractivity contribution in [3.63, 3.8) is 0 Å². The summed E-state index contributed by atoms with van der Waals surface area (Å²) in [7, 11) is 0. The Labute approximate surface area is 74.2 Å². The fraction of sp³-hybridized carbons (Fsp3) is 0.375.